The third-order valence-electron chi connectivity index (χ3n) is 2.74. The smallest absolute Gasteiger partial charge is 0.123 e. The van der Waals surface area contributed by atoms with Crippen molar-refractivity contribution in [3.05, 3.63) is 69.0 Å². The van der Waals surface area contributed by atoms with Gasteiger partial charge in [-0.05, 0) is 58.8 Å². The third kappa shape index (κ3) is 3.53. The fraction of sp³-hybridized carbons (Fsp3) is 0.200. The Labute approximate surface area is 120 Å². The van der Waals surface area contributed by atoms with E-state index in [9.17, 15) is 4.39 Å². The first-order chi connectivity index (χ1) is 8.66. The second-order valence-electron chi connectivity index (χ2n) is 4.10. The molecule has 0 amide bonds. The molecule has 0 aliphatic rings. The summed E-state index contributed by atoms with van der Waals surface area (Å²) < 4.78 is 20.0. The zero-order chi connectivity index (χ0) is 13.0. The molecule has 1 nitrogen and oxygen atoms in total. The lowest BCUT2D eigenvalue weighted by molar-refractivity contribution is 0.0518. The van der Waals surface area contributed by atoms with E-state index in [-0.39, 0.29) is 11.9 Å². The molecule has 2 rings (SSSR count). The van der Waals surface area contributed by atoms with Gasteiger partial charge >= 0.3 is 0 Å². The van der Waals surface area contributed by atoms with Gasteiger partial charge in [-0.25, -0.2) is 4.39 Å². The summed E-state index contributed by atoms with van der Waals surface area (Å²) in [7, 11) is 0. The topological polar surface area (TPSA) is 9.23 Å². The minimum Gasteiger partial charge on any atom is -0.369 e. The first kappa shape index (κ1) is 13.5. The summed E-state index contributed by atoms with van der Waals surface area (Å²) in [5, 5.41) is 0. The number of ether oxygens (including phenoxy) is 1. The van der Waals surface area contributed by atoms with Crippen LogP contribution in [0.1, 0.15) is 24.2 Å². The Bertz CT molecular complexity index is 513. The van der Waals surface area contributed by atoms with Crippen molar-refractivity contribution in [1.82, 2.24) is 0 Å². The van der Waals surface area contributed by atoms with Crippen molar-refractivity contribution in [2.45, 2.75) is 19.6 Å². The molecular formula is C15H14FIO. The summed E-state index contributed by atoms with van der Waals surface area (Å²) in [6.45, 7) is 2.48. The largest absolute Gasteiger partial charge is 0.369 e. The number of hydrogen-bond acceptors (Lipinski definition) is 1. The maximum absolute atomic E-state index is 13.2. The third-order valence-corrected chi connectivity index (χ3v) is 3.72. The lowest BCUT2D eigenvalue weighted by Gasteiger charge is -2.15. The Kier molecular flexibility index (Phi) is 4.72. The molecule has 1 atom stereocenters. The van der Waals surface area contributed by atoms with Gasteiger partial charge in [-0.3, -0.25) is 0 Å². The zero-order valence-electron chi connectivity index (χ0n) is 10.1. The number of benzene rings is 2. The molecule has 2 aromatic carbocycles. The minimum absolute atomic E-state index is 0.118. The molecule has 0 radical (unpaired) electrons. The second kappa shape index (κ2) is 6.29. The zero-order valence-corrected chi connectivity index (χ0v) is 12.2. The SMILES string of the molecule is C[C@H](OCc1ccccc1)c1cc(F)ccc1I. The first-order valence-electron chi connectivity index (χ1n) is 5.77. The Morgan fingerprint density at radius 3 is 2.61 bits per heavy atom. The van der Waals surface area contributed by atoms with E-state index in [2.05, 4.69) is 22.6 Å². The predicted molar refractivity (Wildman–Crippen MR) is 78.8 cm³/mol. The number of rotatable bonds is 4. The Morgan fingerprint density at radius 1 is 1.17 bits per heavy atom. The van der Waals surface area contributed by atoms with Crippen LogP contribution in [0.25, 0.3) is 0 Å². The number of hydrogen-bond donors (Lipinski definition) is 0. The second-order valence-corrected chi connectivity index (χ2v) is 5.27. The maximum Gasteiger partial charge on any atom is 0.123 e. The first-order valence-corrected chi connectivity index (χ1v) is 6.85. The van der Waals surface area contributed by atoms with Crippen LogP contribution in [0, 0.1) is 9.39 Å². The van der Waals surface area contributed by atoms with Crippen LogP contribution in [0.15, 0.2) is 48.5 Å². The van der Waals surface area contributed by atoms with Gasteiger partial charge in [0.1, 0.15) is 5.82 Å². The highest BCUT2D eigenvalue weighted by atomic mass is 127. The molecular weight excluding hydrogens is 342 g/mol. The van der Waals surface area contributed by atoms with Gasteiger partial charge in [0.15, 0.2) is 0 Å². The van der Waals surface area contributed by atoms with E-state index >= 15 is 0 Å². The van der Waals surface area contributed by atoms with Gasteiger partial charge in [0, 0.05) is 3.57 Å². The van der Waals surface area contributed by atoms with Gasteiger partial charge in [-0.1, -0.05) is 30.3 Å². The van der Waals surface area contributed by atoms with Crippen LogP contribution >= 0.6 is 22.6 Å². The molecule has 0 bridgehead atoms. The van der Waals surface area contributed by atoms with E-state index in [1.165, 1.54) is 12.1 Å². The van der Waals surface area contributed by atoms with Crippen molar-refractivity contribution in [1.29, 1.82) is 0 Å². The summed E-state index contributed by atoms with van der Waals surface area (Å²) >= 11 is 2.20. The van der Waals surface area contributed by atoms with Crippen LogP contribution in [0.5, 0.6) is 0 Å². The van der Waals surface area contributed by atoms with E-state index in [0.717, 1.165) is 14.7 Å². The van der Waals surface area contributed by atoms with Crippen molar-refractivity contribution in [3.8, 4) is 0 Å². The highest BCUT2D eigenvalue weighted by molar-refractivity contribution is 14.1. The molecule has 0 heterocycles. The molecule has 18 heavy (non-hydrogen) atoms. The monoisotopic (exact) mass is 356 g/mol. The molecule has 0 saturated heterocycles. The molecule has 0 aromatic heterocycles. The van der Waals surface area contributed by atoms with Crippen LogP contribution in [0.4, 0.5) is 4.39 Å². The maximum atomic E-state index is 13.2. The van der Waals surface area contributed by atoms with Crippen LogP contribution < -0.4 is 0 Å². The van der Waals surface area contributed by atoms with E-state index < -0.39 is 0 Å². The van der Waals surface area contributed by atoms with Crippen molar-refractivity contribution in [3.63, 3.8) is 0 Å². The Balaban J connectivity index is 2.03. The summed E-state index contributed by atoms with van der Waals surface area (Å²) in [4.78, 5) is 0. The standard InChI is InChI=1S/C15H14FIO/c1-11(14-9-13(16)7-8-15(14)17)18-10-12-5-3-2-4-6-12/h2-9,11H,10H2,1H3/t11-/m0/s1. The van der Waals surface area contributed by atoms with Gasteiger partial charge in [-0.15, -0.1) is 0 Å². The average molecular weight is 356 g/mol. The highest BCUT2D eigenvalue weighted by Gasteiger charge is 2.11. The van der Waals surface area contributed by atoms with Crippen molar-refractivity contribution >= 4 is 22.6 Å². The molecule has 0 saturated carbocycles. The lowest BCUT2D eigenvalue weighted by Crippen LogP contribution is -2.03. The summed E-state index contributed by atoms with van der Waals surface area (Å²) in [5.74, 6) is -0.222. The van der Waals surface area contributed by atoms with Crippen LogP contribution in [0.2, 0.25) is 0 Å². The summed E-state index contributed by atoms with van der Waals surface area (Å²) in [6, 6.07) is 14.7. The molecule has 94 valence electrons. The minimum atomic E-state index is -0.222. The quantitative estimate of drug-likeness (QED) is 0.721. The lowest BCUT2D eigenvalue weighted by atomic mass is 10.1. The van der Waals surface area contributed by atoms with Crippen LogP contribution in [-0.4, -0.2) is 0 Å². The van der Waals surface area contributed by atoms with Crippen LogP contribution in [0.3, 0.4) is 0 Å². The van der Waals surface area contributed by atoms with Crippen LogP contribution in [-0.2, 0) is 11.3 Å². The molecule has 2 aromatic rings. The highest BCUT2D eigenvalue weighted by Crippen LogP contribution is 2.24. The van der Waals surface area contributed by atoms with E-state index in [1.54, 1.807) is 6.07 Å². The molecule has 0 spiro atoms. The summed E-state index contributed by atoms with van der Waals surface area (Å²) in [6.07, 6.45) is -0.118. The van der Waals surface area contributed by atoms with Crippen molar-refractivity contribution in [2.75, 3.05) is 0 Å². The summed E-state index contributed by atoms with van der Waals surface area (Å²) in [5.41, 5.74) is 2.02. The predicted octanol–water partition coefficient (Wildman–Crippen LogP) is 4.71. The Hall–Kier alpha value is -0.940. The van der Waals surface area contributed by atoms with Gasteiger partial charge in [0.05, 0.1) is 12.7 Å². The molecule has 0 N–H and O–H groups in total. The van der Waals surface area contributed by atoms with Crippen molar-refractivity contribution in [2.24, 2.45) is 0 Å². The van der Waals surface area contributed by atoms with E-state index in [0.29, 0.717) is 6.61 Å². The Morgan fingerprint density at radius 2 is 1.89 bits per heavy atom. The fourth-order valence-electron chi connectivity index (χ4n) is 1.71. The fourth-order valence-corrected chi connectivity index (χ4v) is 2.49. The molecule has 0 aliphatic heterocycles. The molecule has 3 heteroatoms. The van der Waals surface area contributed by atoms with Gasteiger partial charge in [-0.2, -0.15) is 0 Å². The van der Waals surface area contributed by atoms with Gasteiger partial charge in [0.25, 0.3) is 0 Å². The normalized spacial score (nSPS) is 12.4. The van der Waals surface area contributed by atoms with Crippen molar-refractivity contribution < 1.29 is 9.13 Å². The van der Waals surface area contributed by atoms with E-state index in [1.807, 2.05) is 37.3 Å². The van der Waals surface area contributed by atoms with Gasteiger partial charge < -0.3 is 4.74 Å². The number of halogens is 2. The van der Waals surface area contributed by atoms with E-state index in [4.69, 9.17) is 4.74 Å². The molecule has 0 aliphatic carbocycles. The molecule has 0 fully saturated rings. The van der Waals surface area contributed by atoms with Gasteiger partial charge in [0.2, 0.25) is 0 Å². The average Bonchev–Trinajstić information content (AvgIpc) is 2.40. The molecule has 0 unspecified atom stereocenters.